The summed E-state index contributed by atoms with van der Waals surface area (Å²) in [4.78, 5) is 16.3. The van der Waals surface area contributed by atoms with E-state index in [2.05, 4.69) is 5.32 Å². The number of aldehydes is 1. The second kappa shape index (κ2) is 4.17. The average molecular weight is 186 g/mol. The van der Waals surface area contributed by atoms with E-state index < -0.39 is 0 Å². The molecule has 1 aliphatic heterocycles. The lowest BCUT2D eigenvalue weighted by molar-refractivity contribution is -0.248. The van der Waals surface area contributed by atoms with Crippen LogP contribution < -0.4 is 5.32 Å². The van der Waals surface area contributed by atoms with E-state index in [1.165, 1.54) is 0 Å². The first-order valence-electron chi connectivity index (χ1n) is 4.65. The van der Waals surface area contributed by atoms with Gasteiger partial charge >= 0.3 is 0 Å². The Hall–Kier alpha value is -0.450. The maximum Gasteiger partial charge on any atom is 0.140 e. The normalized spacial score (nSPS) is 25.9. The van der Waals surface area contributed by atoms with Crippen molar-refractivity contribution < 1.29 is 9.63 Å². The van der Waals surface area contributed by atoms with E-state index in [9.17, 15) is 4.79 Å². The summed E-state index contributed by atoms with van der Waals surface area (Å²) in [6.07, 6.45) is 0.928. The first kappa shape index (κ1) is 10.6. The zero-order valence-corrected chi connectivity index (χ0v) is 8.54. The predicted molar refractivity (Wildman–Crippen MR) is 50.3 cm³/mol. The van der Waals surface area contributed by atoms with Gasteiger partial charge in [0.2, 0.25) is 0 Å². The third-order valence-electron chi connectivity index (χ3n) is 1.78. The van der Waals surface area contributed by atoms with Crippen LogP contribution in [0.1, 0.15) is 20.8 Å². The number of hydrogen-bond donors (Lipinski definition) is 1. The number of rotatable bonds is 2. The van der Waals surface area contributed by atoms with Gasteiger partial charge in [0.15, 0.2) is 0 Å². The number of carbonyl (C=O) groups is 1. The highest BCUT2D eigenvalue weighted by Gasteiger charge is 2.26. The summed E-state index contributed by atoms with van der Waals surface area (Å²) < 4.78 is 0. The second-order valence-corrected chi connectivity index (χ2v) is 4.25. The molecule has 1 unspecified atom stereocenters. The van der Waals surface area contributed by atoms with Gasteiger partial charge in [-0.2, -0.15) is 5.06 Å². The summed E-state index contributed by atoms with van der Waals surface area (Å²) in [5, 5.41) is 4.92. The predicted octanol–water partition coefficient (Wildman–Crippen LogP) is 0.189. The summed E-state index contributed by atoms with van der Waals surface area (Å²) in [6, 6.07) is -0.145. The lowest BCUT2D eigenvalue weighted by atomic mass is 10.2. The molecule has 1 atom stereocenters. The lowest BCUT2D eigenvalue weighted by Gasteiger charge is -2.36. The fourth-order valence-electron chi connectivity index (χ4n) is 1.29. The van der Waals surface area contributed by atoms with Crippen molar-refractivity contribution >= 4 is 6.29 Å². The zero-order valence-electron chi connectivity index (χ0n) is 8.54. The smallest absolute Gasteiger partial charge is 0.140 e. The van der Waals surface area contributed by atoms with Gasteiger partial charge in [-0.05, 0) is 20.8 Å². The molecule has 0 bridgehead atoms. The Morgan fingerprint density at radius 3 is 2.77 bits per heavy atom. The van der Waals surface area contributed by atoms with E-state index in [-0.39, 0.29) is 11.6 Å². The number of hydrogen-bond acceptors (Lipinski definition) is 4. The van der Waals surface area contributed by atoms with Gasteiger partial charge in [-0.15, -0.1) is 0 Å². The first-order chi connectivity index (χ1) is 6.03. The molecule has 0 saturated carbocycles. The summed E-state index contributed by atoms with van der Waals surface area (Å²) in [7, 11) is 0. The van der Waals surface area contributed by atoms with Crippen molar-refractivity contribution in [2.24, 2.45) is 0 Å². The van der Waals surface area contributed by atoms with Crippen molar-refractivity contribution in [3.8, 4) is 0 Å². The topological polar surface area (TPSA) is 41.6 Å². The van der Waals surface area contributed by atoms with E-state index in [1.807, 2.05) is 20.8 Å². The largest absolute Gasteiger partial charge is 0.313 e. The molecule has 0 aliphatic carbocycles. The maximum absolute atomic E-state index is 10.7. The third-order valence-corrected chi connectivity index (χ3v) is 1.78. The molecule has 1 fully saturated rings. The second-order valence-electron chi connectivity index (χ2n) is 4.25. The molecule has 0 radical (unpaired) electrons. The van der Waals surface area contributed by atoms with Crippen LogP contribution >= 0.6 is 0 Å². The number of nitrogens with zero attached hydrogens (tertiary/aromatic N) is 1. The molecule has 13 heavy (non-hydrogen) atoms. The minimum atomic E-state index is -0.224. The molecule has 4 nitrogen and oxygen atoms in total. The molecule has 1 heterocycles. The van der Waals surface area contributed by atoms with Crippen LogP contribution in [0, 0.1) is 0 Å². The first-order valence-corrected chi connectivity index (χ1v) is 4.65. The Morgan fingerprint density at radius 2 is 2.23 bits per heavy atom. The maximum atomic E-state index is 10.7. The van der Waals surface area contributed by atoms with Gasteiger partial charge in [0, 0.05) is 19.6 Å². The quantitative estimate of drug-likeness (QED) is 0.625. The van der Waals surface area contributed by atoms with Gasteiger partial charge in [-0.25, -0.2) is 0 Å². The van der Waals surface area contributed by atoms with Crippen LogP contribution in [0.15, 0.2) is 0 Å². The molecule has 0 amide bonds. The molecule has 0 aromatic carbocycles. The van der Waals surface area contributed by atoms with Gasteiger partial charge in [-0.1, -0.05) is 0 Å². The highest BCUT2D eigenvalue weighted by atomic mass is 16.7. The molecule has 1 aliphatic rings. The molecule has 4 heteroatoms. The Balaban J connectivity index is 2.50. The molecule has 1 N–H and O–H groups in total. The zero-order chi connectivity index (χ0) is 9.90. The van der Waals surface area contributed by atoms with Crippen molar-refractivity contribution in [1.82, 2.24) is 10.4 Å². The van der Waals surface area contributed by atoms with E-state index >= 15 is 0 Å². The van der Waals surface area contributed by atoms with E-state index in [0.29, 0.717) is 6.54 Å². The van der Waals surface area contributed by atoms with Crippen LogP contribution in [0.25, 0.3) is 0 Å². The Bertz CT molecular complexity index is 177. The Kier molecular flexibility index (Phi) is 3.41. The molecule has 1 saturated heterocycles. The third kappa shape index (κ3) is 3.42. The number of carbonyl (C=O) groups excluding carboxylic acids is 1. The lowest BCUT2D eigenvalue weighted by Crippen LogP contribution is -2.53. The minimum Gasteiger partial charge on any atom is -0.313 e. The van der Waals surface area contributed by atoms with Crippen LogP contribution in [0.5, 0.6) is 0 Å². The van der Waals surface area contributed by atoms with Gasteiger partial charge < -0.3 is 10.1 Å². The molecule has 1 rings (SSSR count). The monoisotopic (exact) mass is 186 g/mol. The van der Waals surface area contributed by atoms with Crippen LogP contribution in [0.2, 0.25) is 0 Å². The fraction of sp³-hybridized carbons (Fsp3) is 0.889. The van der Waals surface area contributed by atoms with Crippen molar-refractivity contribution in [2.75, 3.05) is 19.6 Å². The van der Waals surface area contributed by atoms with Crippen LogP contribution in [-0.2, 0) is 9.63 Å². The summed E-state index contributed by atoms with van der Waals surface area (Å²) in [5.74, 6) is 0. The summed E-state index contributed by atoms with van der Waals surface area (Å²) in [5.41, 5.74) is -0.224. The Morgan fingerprint density at radius 1 is 1.54 bits per heavy atom. The van der Waals surface area contributed by atoms with Crippen molar-refractivity contribution in [3.63, 3.8) is 0 Å². The number of hydroxylamine groups is 2. The van der Waals surface area contributed by atoms with Crippen LogP contribution in [0.4, 0.5) is 0 Å². The fourth-order valence-corrected chi connectivity index (χ4v) is 1.29. The summed E-state index contributed by atoms with van der Waals surface area (Å²) in [6.45, 7) is 8.27. The van der Waals surface area contributed by atoms with Crippen molar-refractivity contribution in [2.45, 2.75) is 32.4 Å². The highest BCUT2D eigenvalue weighted by molar-refractivity contribution is 5.57. The van der Waals surface area contributed by atoms with Crippen molar-refractivity contribution in [1.29, 1.82) is 0 Å². The molecule has 0 aromatic heterocycles. The van der Waals surface area contributed by atoms with Crippen LogP contribution in [0.3, 0.4) is 0 Å². The molecule has 76 valence electrons. The van der Waals surface area contributed by atoms with Gasteiger partial charge in [0.1, 0.15) is 12.3 Å². The average Bonchev–Trinajstić information content (AvgIpc) is 2.02. The van der Waals surface area contributed by atoms with Crippen molar-refractivity contribution in [3.05, 3.63) is 0 Å². The van der Waals surface area contributed by atoms with Crippen LogP contribution in [-0.4, -0.2) is 42.6 Å². The molecule has 0 aromatic rings. The standard InChI is InChI=1S/C9H18N2O2/c1-9(2,3)13-11-5-4-10-6-8(11)7-12/h7-8,10H,4-6H2,1-3H3. The molecule has 0 spiro atoms. The van der Waals surface area contributed by atoms with Gasteiger partial charge in [0.05, 0.1) is 5.60 Å². The minimum absolute atomic E-state index is 0.145. The Labute approximate surface area is 79.2 Å². The van der Waals surface area contributed by atoms with E-state index in [0.717, 1.165) is 19.4 Å². The van der Waals surface area contributed by atoms with Gasteiger partial charge in [0.25, 0.3) is 0 Å². The highest BCUT2D eigenvalue weighted by Crippen LogP contribution is 2.13. The summed E-state index contributed by atoms with van der Waals surface area (Å²) >= 11 is 0. The number of piperazine rings is 1. The molecular formula is C9H18N2O2. The number of nitrogens with one attached hydrogen (secondary N) is 1. The van der Waals surface area contributed by atoms with E-state index in [4.69, 9.17) is 4.84 Å². The molecular weight excluding hydrogens is 168 g/mol. The van der Waals surface area contributed by atoms with Gasteiger partial charge in [-0.3, -0.25) is 4.84 Å². The SMILES string of the molecule is CC(C)(C)ON1CCNCC1C=O. The van der Waals surface area contributed by atoms with E-state index in [1.54, 1.807) is 5.06 Å².